The molecule has 1 heterocycles. The van der Waals surface area contributed by atoms with E-state index in [1.54, 1.807) is 26.3 Å². The maximum atomic E-state index is 13.5. The van der Waals surface area contributed by atoms with Gasteiger partial charge in [0.05, 0.1) is 7.11 Å². The first kappa shape index (κ1) is 14.0. The van der Waals surface area contributed by atoms with Crippen LogP contribution in [0.25, 0.3) is 0 Å². The monoisotopic (exact) mass is 276 g/mol. The van der Waals surface area contributed by atoms with Crippen molar-refractivity contribution in [2.75, 3.05) is 31.3 Å². The lowest BCUT2D eigenvalue weighted by Gasteiger charge is -2.12. The van der Waals surface area contributed by atoms with E-state index in [1.807, 2.05) is 6.07 Å². The van der Waals surface area contributed by atoms with Crippen molar-refractivity contribution in [3.63, 3.8) is 0 Å². The molecule has 0 unspecified atom stereocenters. The molecule has 0 saturated carbocycles. The quantitative estimate of drug-likeness (QED) is 0.848. The second-order valence-corrected chi connectivity index (χ2v) is 4.12. The number of rotatable bonds is 6. The minimum atomic E-state index is -0.195. The van der Waals surface area contributed by atoms with Crippen molar-refractivity contribution < 1.29 is 9.13 Å². The van der Waals surface area contributed by atoms with Crippen LogP contribution in [0.15, 0.2) is 30.6 Å². The Kier molecular flexibility index (Phi) is 4.70. The van der Waals surface area contributed by atoms with E-state index in [4.69, 9.17) is 4.74 Å². The summed E-state index contributed by atoms with van der Waals surface area (Å²) in [6.07, 6.45) is 2.01. The molecule has 2 N–H and O–H groups in total. The SMILES string of the molecule is CNc1ncnc(NCCc2ccccc2F)c1OC. The van der Waals surface area contributed by atoms with Crippen LogP contribution in [0, 0.1) is 5.82 Å². The van der Waals surface area contributed by atoms with E-state index < -0.39 is 0 Å². The summed E-state index contributed by atoms with van der Waals surface area (Å²) in [5.41, 5.74) is 0.668. The molecule has 0 amide bonds. The largest absolute Gasteiger partial charge is 0.490 e. The molecule has 0 atom stereocenters. The van der Waals surface area contributed by atoms with Gasteiger partial charge in [-0.05, 0) is 18.1 Å². The number of hydrogen-bond donors (Lipinski definition) is 2. The number of ether oxygens (including phenoxy) is 1. The first-order chi connectivity index (χ1) is 9.76. The lowest BCUT2D eigenvalue weighted by atomic mass is 10.1. The van der Waals surface area contributed by atoms with Crippen LogP contribution in [0.4, 0.5) is 16.0 Å². The van der Waals surface area contributed by atoms with E-state index in [-0.39, 0.29) is 5.82 Å². The maximum Gasteiger partial charge on any atom is 0.204 e. The van der Waals surface area contributed by atoms with Crippen LogP contribution in [0.5, 0.6) is 5.75 Å². The molecular formula is C14H17FN4O. The number of benzene rings is 1. The van der Waals surface area contributed by atoms with E-state index in [2.05, 4.69) is 20.6 Å². The molecule has 106 valence electrons. The molecule has 2 rings (SSSR count). The van der Waals surface area contributed by atoms with Gasteiger partial charge >= 0.3 is 0 Å². The molecule has 6 heteroatoms. The van der Waals surface area contributed by atoms with Crippen LogP contribution >= 0.6 is 0 Å². The summed E-state index contributed by atoms with van der Waals surface area (Å²) in [4.78, 5) is 8.19. The Balaban J connectivity index is 2.03. The Hall–Kier alpha value is -2.37. The molecule has 0 aliphatic rings. The number of methoxy groups -OCH3 is 1. The van der Waals surface area contributed by atoms with Gasteiger partial charge in [0.2, 0.25) is 5.75 Å². The summed E-state index contributed by atoms with van der Waals surface area (Å²) in [6, 6.07) is 6.73. The fourth-order valence-corrected chi connectivity index (χ4v) is 1.89. The fraction of sp³-hybridized carbons (Fsp3) is 0.286. The molecule has 2 aromatic rings. The first-order valence-corrected chi connectivity index (χ1v) is 6.30. The number of nitrogens with one attached hydrogen (secondary N) is 2. The molecule has 0 saturated heterocycles. The number of halogens is 1. The second kappa shape index (κ2) is 6.70. The normalized spacial score (nSPS) is 10.2. The average Bonchev–Trinajstić information content (AvgIpc) is 2.48. The maximum absolute atomic E-state index is 13.5. The molecule has 1 aromatic carbocycles. The third-order valence-corrected chi connectivity index (χ3v) is 2.89. The number of nitrogens with zero attached hydrogens (tertiary/aromatic N) is 2. The van der Waals surface area contributed by atoms with E-state index in [9.17, 15) is 4.39 Å². The predicted molar refractivity (Wildman–Crippen MR) is 76.7 cm³/mol. The van der Waals surface area contributed by atoms with Crippen molar-refractivity contribution in [3.8, 4) is 5.75 Å². The summed E-state index contributed by atoms with van der Waals surface area (Å²) in [7, 11) is 3.32. The van der Waals surface area contributed by atoms with Gasteiger partial charge < -0.3 is 15.4 Å². The highest BCUT2D eigenvalue weighted by atomic mass is 19.1. The molecule has 0 fully saturated rings. The van der Waals surface area contributed by atoms with Crippen molar-refractivity contribution in [2.24, 2.45) is 0 Å². The number of hydrogen-bond acceptors (Lipinski definition) is 5. The highest BCUT2D eigenvalue weighted by Crippen LogP contribution is 2.28. The molecular weight excluding hydrogens is 259 g/mol. The van der Waals surface area contributed by atoms with Gasteiger partial charge in [0.25, 0.3) is 0 Å². The third-order valence-electron chi connectivity index (χ3n) is 2.89. The van der Waals surface area contributed by atoms with Crippen LogP contribution < -0.4 is 15.4 Å². The Bertz CT molecular complexity index is 577. The Morgan fingerprint density at radius 3 is 2.65 bits per heavy atom. The van der Waals surface area contributed by atoms with E-state index >= 15 is 0 Å². The summed E-state index contributed by atoms with van der Waals surface area (Å²) in [5.74, 6) is 1.54. The Morgan fingerprint density at radius 2 is 1.95 bits per heavy atom. The molecule has 0 spiro atoms. The highest BCUT2D eigenvalue weighted by Gasteiger charge is 2.10. The summed E-state index contributed by atoms with van der Waals surface area (Å²) in [5, 5.41) is 6.06. The van der Waals surface area contributed by atoms with E-state index in [0.29, 0.717) is 35.9 Å². The topological polar surface area (TPSA) is 59.1 Å². The van der Waals surface area contributed by atoms with Gasteiger partial charge in [0, 0.05) is 13.6 Å². The van der Waals surface area contributed by atoms with Gasteiger partial charge in [-0.3, -0.25) is 0 Å². The third kappa shape index (κ3) is 3.14. The lowest BCUT2D eigenvalue weighted by Crippen LogP contribution is -2.10. The zero-order valence-corrected chi connectivity index (χ0v) is 11.5. The smallest absolute Gasteiger partial charge is 0.204 e. The summed E-state index contributed by atoms with van der Waals surface area (Å²) in [6.45, 7) is 0.553. The minimum Gasteiger partial charge on any atom is -0.490 e. The van der Waals surface area contributed by atoms with Gasteiger partial charge in [0.1, 0.15) is 12.1 Å². The van der Waals surface area contributed by atoms with Gasteiger partial charge in [-0.2, -0.15) is 0 Å². The molecule has 0 bridgehead atoms. The van der Waals surface area contributed by atoms with Crippen molar-refractivity contribution in [2.45, 2.75) is 6.42 Å². The Morgan fingerprint density at radius 1 is 1.20 bits per heavy atom. The predicted octanol–water partition coefficient (Wildman–Crippen LogP) is 2.32. The van der Waals surface area contributed by atoms with Gasteiger partial charge in [0.15, 0.2) is 11.6 Å². The van der Waals surface area contributed by atoms with Crippen LogP contribution in [-0.4, -0.2) is 30.7 Å². The van der Waals surface area contributed by atoms with Crippen LogP contribution in [0.3, 0.4) is 0 Å². The highest BCUT2D eigenvalue weighted by molar-refractivity contribution is 5.63. The van der Waals surface area contributed by atoms with Crippen molar-refractivity contribution >= 4 is 11.6 Å². The molecule has 5 nitrogen and oxygen atoms in total. The number of aromatic nitrogens is 2. The standard InChI is InChI=1S/C14H17FN4O/c1-16-13-12(20-2)14(19-9-18-13)17-8-7-10-5-3-4-6-11(10)15/h3-6,9H,7-8H2,1-2H3,(H2,16,17,18,19). The van der Waals surface area contributed by atoms with Crippen LogP contribution in [0.2, 0.25) is 0 Å². The second-order valence-electron chi connectivity index (χ2n) is 4.12. The average molecular weight is 276 g/mol. The van der Waals surface area contributed by atoms with Crippen LogP contribution in [-0.2, 0) is 6.42 Å². The van der Waals surface area contributed by atoms with Crippen molar-refractivity contribution in [1.29, 1.82) is 0 Å². The Labute approximate surface area is 117 Å². The summed E-state index contributed by atoms with van der Waals surface area (Å²) >= 11 is 0. The molecule has 0 aliphatic carbocycles. The zero-order valence-electron chi connectivity index (χ0n) is 11.5. The molecule has 20 heavy (non-hydrogen) atoms. The zero-order chi connectivity index (χ0) is 14.4. The van der Waals surface area contributed by atoms with Crippen LogP contribution in [0.1, 0.15) is 5.56 Å². The van der Waals surface area contributed by atoms with Crippen molar-refractivity contribution in [3.05, 3.63) is 42.0 Å². The van der Waals surface area contributed by atoms with Crippen molar-refractivity contribution in [1.82, 2.24) is 9.97 Å². The van der Waals surface area contributed by atoms with Gasteiger partial charge in [-0.1, -0.05) is 18.2 Å². The summed E-state index contributed by atoms with van der Waals surface area (Å²) < 4.78 is 18.8. The fourth-order valence-electron chi connectivity index (χ4n) is 1.89. The van der Waals surface area contributed by atoms with E-state index in [1.165, 1.54) is 12.4 Å². The van der Waals surface area contributed by atoms with Gasteiger partial charge in [-0.15, -0.1) is 0 Å². The lowest BCUT2D eigenvalue weighted by molar-refractivity contribution is 0.415. The van der Waals surface area contributed by atoms with E-state index in [0.717, 1.165) is 0 Å². The minimum absolute atomic E-state index is 0.195. The molecule has 0 aliphatic heterocycles. The number of anilines is 2. The van der Waals surface area contributed by atoms with Gasteiger partial charge in [-0.25, -0.2) is 14.4 Å². The molecule has 1 aromatic heterocycles. The molecule has 0 radical (unpaired) electrons. The first-order valence-electron chi connectivity index (χ1n) is 6.30.